The number of nitrogens with zero attached hydrogens (tertiary/aromatic N) is 2. The molecule has 142 valence electrons. The van der Waals surface area contributed by atoms with E-state index in [1.807, 2.05) is 0 Å². The molecule has 1 atom stereocenters. The van der Waals surface area contributed by atoms with Crippen molar-refractivity contribution in [3.8, 4) is 17.1 Å². The Morgan fingerprint density at radius 1 is 1.19 bits per heavy atom. The van der Waals surface area contributed by atoms with E-state index in [0.29, 0.717) is 15.5 Å². The molecule has 1 N–H and O–H groups in total. The summed E-state index contributed by atoms with van der Waals surface area (Å²) in [5.41, 5.74) is 0.440. The summed E-state index contributed by atoms with van der Waals surface area (Å²) < 4.78 is 60.2. The minimum absolute atomic E-state index is 0.0292. The molecular weight excluding hydrogens is 407 g/mol. The molecule has 6 nitrogen and oxygen atoms in total. The van der Waals surface area contributed by atoms with E-state index in [0.717, 1.165) is 12.1 Å². The van der Waals surface area contributed by atoms with E-state index in [1.165, 1.54) is 12.1 Å². The minimum atomic E-state index is -4.76. The molecule has 0 saturated carbocycles. The topological polar surface area (TPSA) is 77.2 Å². The van der Waals surface area contributed by atoms with Gasteiger partial charge >= 0.3 is 6.36 Å². The van der Waals surface area contributed by atoms with Gasteiger partial charge in [-0.15, -0.1) is 13.2 Å². The number of ether oxygens (including phenoxy) is 1. The van der Waals surface area contributed by atoms with E-state index in [9.17, 15) is 17.4 Å². The van der Waals surface area contributed by atoms with Crippen LogP contribution < -0.4 is 9.46 Å². The molecule has 0 spiro atoms. The van der Waals surface area contributed by atoms with E-state index >= 15 is 0 Å². The molecule has 1 unspecified atom stereocenters. The smallest absolute Gasteiger partial charge is 0.406 e. The van der Waals surface area contributed by atoms with Crippen LogP contribution in [0.2, 0.25) is 5.02 Å². The Kier molecular flexibility index (Phi) is 5.78. The Morgan fingerprint density at radius 3 is 2.59 bits per heavy atom. The summed E-state index contributed by atoms with van der Waals surface area (Å²) in [6, 6.07) is 11.6. The fourth-order valence-electron chi connectivity index (χ4n) is 2.04. The summed E-state index contributed by atoms with van der Waals surface area (Å²) in [6.45, 7) is 0.0292. The van der Waals surface area contributed by atoms with Gasteiger partial charge in [0.25, 0.3) is 0 Å². The highest BCUT2D eigenvalue weighted by atomic mass is 35.5. The second-order valence-corrected chi connectivity index (χ2v) is 6.87. The summed E-state index contributed by atoms with van der Waals surface area (Å²) in [6.07, 6.45) is -4.76. The normalized spacial score (nSPS) is 12.7. The van der Waals surface area contributed by atoms with Gasteiger partial charge in [-0.05, 0) is 42.5 Å². The van der Waals surface area contributed by atoms with Gasteiger partial charge < -0.3 is 9.26 Å². The van der Waals surface area contributed by atoms with Crippen molar-refractivity contribution in [1.82, 2.24) is 14.9 Å². The summed E-state index contributed by atoms with van der Waals surface area (Å²) in [5.74, 6) is -0.0107. The molecule has 0 aliphatic heterocycles. The zero-order valence-corrected chi connectivity index (χ0v) is 14.9. The Balaban J connectivity index is 1.62. The zero-order chi connectivity index (χ0) is 19.4. The lowest BCUT2D eigenvalue weighted by atomic mass is 10.2. The molecule has 0 amide bonds. The first-order valence-electron chi connectivity index (χ1n) is 7.40. The van der Waals surface area contributed by atoms with Gasteiger partial charge in [-0.3, -0.25) is 0 Å². The van der Waals surface area contributed by atoms with Crippen molar-refractivity contribution < 1.29 is 26.6 Å². The van der Waals surface area contributed by atoms with Gasteiger partial charge in [0.15, 0.2) is 0 Å². The Labute approximate surface area is 158 Å². The predicted octanol–water partition coefficient (Wildman–Crippen LogP) is 4.10. The van der Waals surface area contributed by atoms with Gasteiger partial charge in [0.1, 0.15) is 16.7 Å². The quantitative estimate of drug-likeness (QED) is 0.653. The van der Waals surface area contributed by atoms with E-state index in [-0.39, 0.29) is 24.0 Å². The Bertz CT molecular complexity index is 948. The van der Waals surface area contributed by atoms with Crippen molar-refractivity contribution in [2.75, 3.05) is 0 Å². The summed E-state index contributed by atoms with van der Waals surface area (Å²) >= 11 is 5.85. The van der Waals surface area contributed by atoms with Crippen LogP contribution in [0, 0.1) is 0 Å². The third-order valence-electron chi connectivity index (χ3n) is 3.18. The van der Waals surface area contributed by atoms with Crippen LogP contribution in [0.25, 0.3) is 11.4 Å². The van der Waals surface area contributed by atoms with Crippen LogP contribution in [0.15, 0.2) is 57.9 Å². The molecule has 0 aliphatic carbocycles. The maximum Gasteiger partial charge on any atom is 0.573 e. The van der Waals surface area contributed by atoms with Crippen molar-refractivity contribution >= 4 is 22.6 Å². The van der Waals surface area contributed by atoms with Crippen molar-refractivity contribution in [3.05, 3.63) is 59.4 Å². The molecule has 3 aromatic rings. The van der Waals surface area contributed by atoms with Crippen LogP contribution in [0.5, 0.6) is 5.75 Å². The highest BCUT2D eigenvalue weighted by molar-refractivity contribution is 7.83. The summed E-state index contributed by atoms with van der Waals surface area (Å²) in [4.78, 5) is 4.59. The minimum Gasteiger partial charge on any atom is -0.406 e. The highest BCUT2D eigenvalue weighted by Crippen LogP contribution is 2.25. The van der Waals surface area contributed by atoms with Gasteiger partial charge in [-0.25, -0.2) is 8.93 Å². The second-order valence-electron chi connectivity index (χ2n) is 5.13. The van der Waals surface area contributed by atoms with Crippen LogP contribution in [0.1, 0.15) is 5.89 Å². The number of alkyl halides is 3. The number of aromatic nitrogens is 2. The fourth-order valence-corrected chi connectivity index (χ4v) is 3.15. The molecule has 0 saturated heterocycles. The molecule has 11 heteroatoms. The maximum absolute atomic E-state index is 12.2. The second kappa shape index (κ2) is 8.07. The number of hydrogen-bond donors (Lipinski definition) is 1. The first kappa shape index (κ1) is 19.3. The van der Waals surface area contributed by atoms with E-state index in [2.05, 4.69) is 19.6 Å². The van der Waals surface area contributed by atoms with E-state index in [1.54, 1.807) is 24.3 Å². The lowest BCUT2D eigenvalue weighted by Crippen LogP contribution is -2.17. The average molecular weight is 418 g/mol. The summed E-state index contributed by atoms with van der Waals surface area (Å²) in [7, 11) is -1.53. The maximum atomic E-state index is 12.2. The molecule has 0 aliphatic rings. The molecule has 1 aromatic heterocycles. The third kappa shape index (κ3) is 5.52. The van der Waals surface area contributed by atoms with Crippen molar-refractivity contribution in [1.29, 1.82) is 0 Å². The molecule has 1 heterocycles. The van der Waals surface area contributed by atoms with E-state index < -0.39 is 17.3 Å². The standard InChI is InChI=1S/C16H11ClF3N3O3S/c17-11-2-1-3-13(8-11)27(24)21-9-14-22-15(23-26-14)10-4-6-12(7-5-10)25-16(18,19)20/h1-8,21H,9H2. The van der Waals surface area contributed by atoms with E-state index in [4.69, 9.17) is 16.1 Å². The highest BCUT2D eigenvalue weighted by Gasteiger charge is 2.31. The van der Waals surface area contributed by atoms with Crippen molar-refractivity contribution in [3.63, 3.8) is 0 Å². The number of benzene rings is 2. The van der Waals surface area contributed by atoms with Crippen LogP contribution in [0.4, 0.5) is 13.2 Å². The van der Waals surface area contributed by atoms with Gasteiger partial charge in [0, 0.05) is 10.6 Å². The third-order valence-corrected chi connectivity index (χ3v) is 4.50. The largest absolute Gasteiger partial charge is 0.573 e. The molecule has 0 bridgehead atoms. The Morgan fingerprint density at radius 2 is 1.93 bits per heavy atom. The Hall–Kier alpha value is -2.43. The van der Waals surface area contributed by atoms with Crippen LogP contribution in [0.3, 0.4) is 0 Å². The van der Waals surface area contributed by atoms with Gasteiger partial charge in [0.2, 0.25) is 11.7 Å². The average Bonchev–Trinajstić information content (AvgIpc) is 3.08. The number of nitrogens with one attached hydrogen (secondary N) is 1. The lowest BCUT2D eigenvalue weighted by Gasteiger charge is -2.08. The van der Waals surface area contributed by atoms with Gasteiger partial charge in [0.05, 0.1) is 11.4 Å². The van der Waals surface area contributed by atoms with Crippen LogP contribution >= 0.6 is 11.6 Å². The first-order valence-corrected chi connectivity index (χ1v) is 8.92. The van der Waals surface area contributed by atoms with Crippen molar-refractivity contribution in [2.45, 2.75) is 17.8 Å². The molecule has 2 aromatic carbocycles. The van der Waals surface area contributed by atoms with Crippen molar-refractivity contribution in [2.24, 2.45) is 0 Å². The fraction of sp³-hybridized carbons (Fsp3) is 0.125. The molecule has 0 radical (unpaired) electrons. The predicted molar refractivity (Wildman–Crippen MR) is 91.1 cm³/mol. The van der Waals surface area contributed by atoms with Crippen LogP contribution in [-0.2, 0) is 17.5 Å². The lowest BCUT2D eigenvalue weighted by molar-refractivity contribution is -0.274. The number of hydrogen-bond acceptors (Lipinski definition) is 5. The first-order chi connectivity index (χ1) is 12.8. The van der Waals surface area contributed by atoms with Crippen LogP contribution in [-0.4, -0.2) is 20.7 Å². The SMILES string of the molecule is O=S(NCc1nc(-c2ccc(OC(F)(F)F)cc2)no1)c1cccc(Cl)c1. The molecular formula is C16H11ClF3N3O3S. The van der Waals surface area contributed by atoms with Gasteiger partial charge in [-0.1, -0.05) is 22.8 Å². The summed E-state index contributed by atoms with van der Waals surface area (Å²) in [5, 5.41) is 4.21. The van der Waals surface area contributed by atoms with Gasteiger partial charge in [-0.2, -0.15) is 4.98 Å². The molecule has 0 fully saturated rings. The number of halogens is 4. The monoisotopic (exact) mass is 417 g/mol. The molecule has 27 heavy (non-hydrogen) atoms. The number of rotatable bonds is 6. The zero-order valence-electron chi connectivity index (χ0n) is 13.4. The molecule has 3 rings (SSSR count).